The van der Waals surface area contributed by atoms with Crippen molar-refractivity contribution < 1.29 is 9.53 Å². The van der Waals surface area contributed by atoms with Gasteiger partial charge in [0.2, 0.25) is 5.78 Å². The number of halogens is 1. The van der Waals surface area contributed by atoms with Crippen molar-refractivity contribution in [1.82, 2.24) is 9.78 Å². The zero-order valence-corrected chi connectivity index (χ0v) is 13.4. The lowest BCUT2D eigenvalue weighted by atomic mass is 10.0. The maximum Gasteiger partial charge on any atom is 0.215 e. The minimum atomic E-state index is -0.0633. The van der Waals surface area contributed by atoms with Crippen molar-refractivity contribution in [2.45, 2.75) is 26.8 Å². The third-order valence-electron chi connectivity index (χ3n) is 3.12. The summed E-state index contributed by atoms with van der Waals surface area (Å²) < 4.78 is 7.86. The Morgan fingerprint density at radius 2 is 2.20 bits per heavy atom. The standard InChI is InChI=1S/C15H17BrN2O2/c1-4-7-18-14(13(20-3)9-17-18)15(19)12-8-11(16)6-5-10(12)2/h5-6,8-9H,4,7H2,1-3H3. The van der Waals surface area contributed by atoms with Crippen LogP contribution < -0.4 is 4.74 Å². The van der Waals surface area contributed by atoms with Crippen molar-refractivity contribution in [3.05, 3.63) is 45.7 Å². The number of carbonyl (C=O) groups is 1. The van der Waals surface area contributed by atoms with Crippen LogP contribution in [0.3, 0.4) is 0 Å². The van der Waals surface area contributed by atoms with Crippen LogP contribution in [0.25, 0.3) is 0 Å². The number of hydrogen-bond donors (Lipinski definition) is 0. The topological polar surface area (TPSA) is 44.1 Å². The van der Waals surface area contributed by atoms with Gasteiger partial charge in [0, 0.05) is 16.6 Å². The van der Waals surface area contributed by atoms with Gasteiger partial charge in [-0.05, 0) is 31.0 Å². The molecule has 0 bridgehead atoms. The van der Waals surface area contributed by atoms with Crippen LogP contribution in [-0.2, 0) is 6.54 Å². The Hall–Kier alpha value is -1.62. The second-order valence-electron chi connectivity index (χ2n) is 4.57. The van der Waals surface area contributed by atoms with E-state index >= 15 is 0 Å². The Labute approximate surface area is 126 Å². The molecule has 0 amide bonds. The van der Waals surface area contributed by atoms with Gasteiger partial charge in [-0.15, -0.1) is 0 Å². The first-order chi connectivity index (χ1) is 9.58. The fraction of sp³-hybridized carbons (Fsp3) is 0.333. The summed E-state index contributed by atoms with van der Waals surface area (Å²) >= 11 is 3.41. The number of benzene rings is 1. The molecule has 0 spiro atoms. The summed E-state index contributed by atoms with van der Waals surface area (Å²) in [7, 11) is 1.55. The average molecular weight is 337 g/mol. The number of ether oxygens (including phenoxy) is 1. The molecule has 0 saturated heterocycles. The number of nitrogens with zero attached hydrogens (tertiary/aromatic N) is 2. The molecule has 1 aromatic carbocycles. The first kappa shape index (κ1) is 14.8. The van der Waals surface area contributed by atoms with Gasteiger partial charge in [0.1, 0.15) is 0 Å². The van der Waals surface area contributed by atoms with Gasteiger partial charge in [0.15, 0.2) is 11.4 Å². The molecule has 2 rings (SSSR count). The van der Waals surface area contributed by atoms with Gasteiger partial charge in [-0.1, -0.05) is 28.9 Å². The van der Waals surface area contributed by atoms with Gasteiger partial charge >= 0.3 is 0 Å². The number of aryl methyl sites for hydroxylation is 2. The van der Waals surface area contributed by atoms with Crippen LogP contribution >= 0.6 is 15.9 Å². The number of ketones is 1. The number of methoxy groups -OCH3 is 1. The highest BCUT2D eigenvalue weighted by molar-refractivity contribution is 9.10. The number of aromatic nitrogens is 2. The molecule has 0 fully saturated rings. The van der Waals surface area contributed by atoms with E-state index in [1.54, 1.807) is 18.0 Å². The molecule has 0 N–H and O–H groups in total. The molecular formula is C15H17BrN2O2. The van der Waals surface area contributed by atoms with Gasteiger partial charge in [-0.2, -0.15) is 5.10 Å². The summed E-state index contributed by atoms with van der Waals surface area (Å²) in [5, 5.41) is 4.23. The lowest BCUT2D eigenvalue weighted by Gasteiger charge is -2.09. The maximum atomic E-state index is 12.8. The molecular weight excluding hydrogens is 320 g/mol. The fourth-order valence-electron chi connectivity index (χ4n) is 2.09. The van der Waals surface area contributed by atoms with Crippen LogP contribution in [0.15, 0.2) is 28.9 Å². The van der Waals surface area contributed by atoms with E-state index in [2.05, 4.69) is 21.0 Å². The Morgan fingerprint density at radius 1 is 1.45 bits per heavy atom. The summed E-state index contributed by atoms with van der Waals surface area (Å²) in [6.07, 6.45) is 2.50. The van der Waals surface area contributed by atoms with E-state index in [9.17, 15) is 4.79 Å². The lowest BCUT2D eigenvalue weighted by Crippen LogP contribution is -2.13. The van der Waals surface area contributed by atoms with E-state index in [1.807, 2.05) is 32.0 Å². The quantitative estimate of drug-likeness (QED) is 0.783. The van der Waals surface area contributed by atoms with E-state index in [1.165, 1.54) is 0 Å². The molecule has 0 aliphatic heterocycles. The smallest absolute Gasteiger partial charge is 0.215 e. The van der Waals surface area contributed by atoms with E-state index in [-0.39, 0.29) is 5.78 Å². The van der Waals surface area contributed by atoms with Gasteiger partial charge in [-0.25, -0.2) is 0 Å². The molecule has 2 aromatic rings. The van der Waals surface area contributed by atoms with Crippen molar-refractivity contribution in [3.63, 3.8) is 0 Å². The Kier molecular flexibility index (Phi) is 4.60. The lowest BCUT2D eigenvalue weighted by molar-refractivity contribution is 0.102. The van der Waals surface area contributed by atoms with E-state index in [0.29, 0.717) is 23.6 Å². The van der Waals surface area contributed by atoms with Crippen molar-refractivity contribution in [3.8, 4) is 5.75 Å². The van der Waals surface area contributed by atoms with Crippen molar-refractivity contribution >= 4 is 21.7 Å². The van der Waals surface area contributed by atoms with Gasteiger partial charge in [-0.3, -0.25) is 9.48 Å². The monoisotopic (exact) mass is 336 g/mol. The molecule has 4 nitrogen and oxygen atoms in total. The van der Waals surface area contributed by atoms with Gasteiger partial charge in [0.25, 0.3) is 0 Å². The first-order valence-corrected chi connectivity index (χ1v) is 7.28. The molecule has 1 aromatic heterocycles. The molecule has 0 aliphatic rings. The van der Waals surface area contributed by atoms with Crippen LogP contribution in [0.4, 0.5) is 0 Å². The molecule has 20 heavy (non-hydrogen) atoms. The van der Waals surface area contributed by atoms with Crippen LogP contribution in [0.5, 0.6) is 5.75 Å². The summed E-state index contributed by atoms with van der Waals surface area (Å²) in [4.78, 5) is 12.8. The highest BCUT2D eigenvalue weighted by atomic mass is 79.9. The molecule has 0 unspecified atom stereocenters. The van der Waals surface area contributed by atoms with Gasteiger partial charge < -0.3 is 4.74 Å². The fourth-order valence-corrected chi connectivity index (χ4v) is 2.46. The van der Waals surface area contributed by atoms with E-state index in [0.717, 1.165) is 16.5 Å². The van der Waals surface area contributed by atoms with Crippen LogP contribution in [-0.4, -0.2) is 22.7 Å². The predicted octanol–water partition coefficient (Wildman–Crippen LogP) is 3.60. The average Bonchev–Trinajstić information content (AvgIpc) is 2.84. The normalized spacial score (nSPS) is 10.6. The third-order valence-corrected chi connectivity index (χ3v) is 3.61. The highest BCUT2D eigenvalue weighted by Crippen LogP contribution is 2.25. The van der Waals surface area contributed by atoms with Crippen LogP contribution in [0, 0.1) is 6.92 Å². The molecule has 0 saturated carbocycles. The largest absolute Gasteiger partial charge is 0.493 e. The zero-order chi connectivity index (χ0) is 14.7. The third kappa shape index (κ3) is 2.77. The predicted molar refractivity (Wildman–Crippen MR) is 81.4 cm³/mol. The molecule has 106 valence electrons. The second kappa shape index (κ2) is 6.22. The summed E-state index contributed by atoms with van der Waals surface area (Å²) in [6.45, 7) is 4.66. The number of hydrogen-bond acceptors (Lipinski definition) is 3. The summed E-state index contributed by atoms with van der Waals surface area (Å²) in [6, 6.07) is 5.68. The van der Waals surface area contributed by atoms with Crippen molar-refractivity contribution in [1.29, 1.82) is 0 Å². The summed E-state index contributed by atoms with van der Waals surface area (Å²) in [5.41, 5.74) is 2.11. The second-order valence-corrected chi connectivity index (χ2v) is 5.49. The van der Waals surface area contributed by atoms with Crippen molar-refractivity contribution in [2.75, 3.05) is 7.11 Å². The molecule has 1 heterocycles. The van der Waals surface area contributed by atoms with E-state index in [4.69, 9.17) is 4.74 Å². The number of carbonyl (C=O) groups excluding carboxylic acids is 1. The Bertz CT molecular complexity index is 635. The summed E-state index contributed by atoms with van der Waals surface area (Å²) in [5.74, 6) is 0.453. The Balaban J connectivity index is 2.52. The Morgan fingerprint density at radius 3 is 2.85 bits per heavy atom. The minimum Gasteiger partial charge on any atom is -0.493 e. The SMILES string of the molecule is CCCn1ncc(OC)c1C(=O)c1cc(Br)ccc1C. The minimum absolute atomic E-state index is 0.0633. The molecule has 5 heteroatoms. The molecule has 0 radical (unpaired) electrons. The highest BCUT2D eigenvalue weighted by Gasteiger charge is 2.22. The molecule has 0 atom stereocenters. The van der Waals surface area contributed by atoms with Gasteiger partial charge in [0.05, 0.1) is 13.3 Å². The zero-order valence-electron chi connectivity index (χ0n) is 11.8. The van der Waals surface area contributed by atoms with E-state index < -0.39 is 0 Å². The number of rotatable bonds is 5. The molecule has 0 aliphatic carbocycles. The first-order valence-electron chi connectivity index (χ1n) is 6.49. The maximum absolute atomic E-state index is 12.8. The van der Waals surface area contributed by atoms with Crippen LogP contribution in [0.2, 0.25) is 0 Å². The van der Waals surface area contributed by atoms with Crippen molar-refractivity contribution in [2.24, 2.45) is 0 Å². The van der Waals surface area contributed by atoms with Crippen LogP contribution in [0.1, 0.15) is 35.0 Å².